The van der Waals surface area contributed by atoms with Crippen molar-refractivity contribution in [3.05, 3.63) is 88.7 Å². The minimum Gasteiger partial charge on any atom is -0.493 e. The van der Waals surface area contributed by atoms with E-state index in [1.807, 2.05) is 13.8 Å². The van der Waals surface area contributed by atoms with E-state index in [0.29, 0.717) is 23.7 Å². The Balaban J connectivity index is 1.69. The minimum absolute atomic E-state index is 0.0844. The standard InChI is InChI=1S/C23H23FN2O4S/c1-16-4-5-17(2)19(12-16)15-30-22-11-6-18(13-23(22)29-3)14-25-26-31(27,28)21-9-7-20(24)8-10-21/h4-14,26H,15H2,1-3H3/b25-14+. The van der Waals surface area contributed by atoms with E-state index in [4.69, 9.17) is 9.47 Å². The third-order valence-corrected chi connectivity index (χ3v) is 5.82. The molecule has 3 rings (SSSR count). The smallest absolute Gasteiger partial charge is 0.276 e. The lowest BCUT2D eigenvalue weighted by atomic mass is 10.1. The van der Waals surface area contributed by atoms with Crippen molar-refractivity contribution >= 4 is 16.2 Å². The number of hydrazone groups is 1. The third kappa shape index (κ3) is 5.82. The van der Waals surface area contributed by atoms with Gasteiger partial charge < -0.3 is 9.47 Å². The summed E-state index contributed by atoms with van der Waals surface area (Å²) in [5.74, 6) is 0.539. The van der Waals surface area contributed by atoms with Gasteiger partial charge in [-0.25, -0.2) is 9.22 Å². The van der Waals surface area contributed by atoms with E-state index in [1.165, 1.54) is 13.3 Å². The van der Waals surface area contributed by atoms with Crippen LogP contribution >= 0.6 is 0 Å². The Bertz CT molecular complexity index is 1190. The molecule has 8 heteroatoms. The van der Waals surface area contributed by atoms with Crippen LogP contribution in [0.15, 0.2) is 70.7 Å². The Labute approximate surface area is 181 Å². The number of nitrogens with one attached hydrogen (secondary N) is 1. The molecule has 0 fully saturated rings. The summed E-state index contributed by atoms with van der Waals surface area (Å²) in [6.07, 6.45) is 1.35. The summed E-state index contributed by atoms with van der Waals surface area (Å²) < 4.78 is 48.7. The molecule has 0 aliphatic carbocycles. The molecular formula is C23H23FN2O4S. The molecule has 0 saturated carbocycles. The van der Waals surface area contributed by atoms with Crippen LogP contribution in [0.5, 0.6) is 11.5 Å². The fourth-order valence-electron chi connectivity index (χ4n) is 2.83. The maximum absolute atomic E-state index is 13.0. The molecule has 31 heavy (non-hydrogen) atoms. The number of sulfonamides is 1. The van der Waals surface area contributed by atoms with Crippen LogP contribution in [0.1, 0.15) is 22.3 Å². The average Bonchev–Trinajstić information content (AvgIpc) is 2.75. The van der Waals surface area contributed by atoms with Gasteiger partial charge in [0.25, 0.3) is 10.0 Å². The van der Waals surface area contributed by atoms with E-state index in [9.17, 15) is 12.8 Å². The first-order chi connectivity index (χ1) is 14.8. The highest BCUT2D eigenvalue weighted by molar-refractivity contribution is 7.89. The summed E-state index contributed by atoms with van der Waals surface area (Å²) in [5.41, 5.74) is 3.99. The molecule has 0 unspecified atom stereocenters. The quantitative estimate of drug-likeness (QED) is 0.416. The Kier molecular flexibility index (Phi) is 6.91. The Morgan fingerprint density at radius 2 is 1.74 bits per heavy atom. The summed E-state index contributed by atoms with van der Waals surface area (Å²) in [7, 11) is -2.36. The molecule has 0 bridgehead atoms. The third-order valence-electron chi connectivity index (χ3n) is 4.59. The fourth-order valence-corrected chi connectivity index (χ4v) is 3.62. The van der Waals surface area contributed by atoms with Gasteiger partial charge in [-0.15, -0.1) is 0 Å². The van der Waals surface area contributed by atoms with Gasteiger partial charge in [-0.1, -0.05) is 23.8 Å². The predicted octanol–water partition coefficient (Wildman–Crippen LogP) is 4.34. The first-order valence-corrected chi connectivity index (χ1v) is 10.9. The lowest BCUT2D eigenvalue weighted by Gasteiger charge is -2.13. The minimum atomic E-state index is -3.89. The highest BCUT2D eigenvalue weighted by atomic mass is 32.2. The molecule has 3 aromatic rings. The van der Waals surface area contributed by atoms with Crippen molar-refractivity contribution in [1.82, 2.24) is 4.83 Å². The van der Waals surface area contributed by atoms with Crippen molar-refractivity contribution in [2.75, 3.05) is 7.11 Å². The summed E-state index contributed by atoms with van der Waals surface area (Å²) in [6, 6.07) is 15.8. The van der Waals surface area contributed by atoms with E-state index in [0.717, 1.165) is 41.0 Å². The number of ether oxygens (including phenoxy) is 2. The Morgan fingerprint density at radius 3 is 2.45 bits per heavy atom. The van der Waals surface area contributed by atoms with Crippen LogP contribution in [-0.4, -0.2) is 21.7 Å². The zero-order valence-corrected chi connectivity index (χ0v) is 18.2. The van der Waals surface area contributed by atoms with Crippen LogP contribution in [0.2, 0.25) is 0 Å². The summed E-state index contributed by atoms with van der Waals surface area (Å²) in [5, 5.41) is 3.78. The van der Waals surface area contributed by atoms with E-state index in [2.05, 4.69) is 28.1 Å². The van der Waals surface area contributed by atoms with Crippen LogP contribution in [0.25, 0.3) is 0 Å². The SMILES string of the molecule is COc1cc(/C=N/NS(=O)(=O)c2ccc(F)cc2)ccc1OCc1cc(C)ccc1C. The van der Waals surface area contributed by atoms with Crippen LogP contribution in [0.4, 0.5) is 4.39 Å². The summed E-state index contributed by atoms with van der Waals surface area (Å²) in [4.78, 5) is 2.02. The number of halogens is 1. The van der Waals surface area contributed by atoms with Crippen molar-refractivity contribution in [2.24, 2.45) is 5.10 Å². The number of aryl methyl sites for hydroxylation is 2. The second-order valence-electron chi connectivity index (χ2n) is 6.94. The van der Waals surface area contributed by atoms with Crippen LogP contribution in [0.3, 0.4) is 0 Å². The molecule has 0 amide bonds. The number of nitrogens with zero attached hydrogens (tertiary/aromatic N) is 1. The molecule has 1 N–H and O–H groups in total. The van der Waals surface area contributed by atoms with Gasteiger partial charge in [0.15, 0.2) is 11.5 Å². The average molecular weight is 443 g/mol. The molecule has 0 aliphatic rings. The van der Waals surface area contributed by atoms with Gasteiger partial charge >= 0.3 is 0 Å². The second kappa shape index (κ2) is 9.61. The lowest BCUT2D eigenvalue weighted by molar-refractivity contribution is 0.284. The molecule has 3 aromatic carbocycles. The highest BCUT2D eigenvalue weighted by Gasteiger charge is 2.12. The number of methoxy groups -OCH3 is 1. The maximum Gasteiger partial charge on any atom is 0.276 e. The molecule has 0 atom stereocenters. The zero-order valence-electron chi connectivity index (χ0n) is 17.4. The largest absolute Gasteiger partial charge is 0.493 e. The van der Waals surface area contributed by atoms with Gasteiger partial charge in [0, 0.05) is 0 Å². The number of benzene rings is 3. The molecule has 0 saturated heterocycles. The molecule has 6 nitrogen and oxygen atoms in total. The van der Waals surface area contributed by atoms with Gasteiger partial charge in [0.2, 0.25) is 0 Å². The molecule has 0 heterocycles. The van der Waals surface area contributed by atoms with E-state index in [1.54, 1.807) is 18.2 Å². The van der Waals surface area contributed by atoms with E-state index in [-0.39, 0.29) is 4.90 Å². The molecule has 162 valence electrons. The van der Waals surface area contributed by atoms with E-state index < -0.39 is 15.8 Å². The normalized spacial score (nSPS) is 11.5. The van der Waals surface area contributed by atoms with Gasteiger partial charge in [-0.05, 0) is 73.0 Å². The summed E-state index contributed by atoms with van der Waals surface area (Å²) >= 11 is 0. The number of rotatable bonds is 8. The zero-order chi connectivity index (χ0) is 22.4. The lowest BCUT2D eigenvalue weighted by Crippen LogP contribution is -2.18. The molecule has 0 spiro atoms. The van der Waals surface area contributed by atoms with Crippen molar-refractivity contribution in [3.8, 4) is 11.5 Å². The monoisotopic (exact) mass is 442 g/mol. The maximum atomic E-state index is 13.0. The predicted molar refractivity (Wildman–Crippen MR) is 118 cm³/mol. The Hall–Kier alpha value is -3.39. The van der Waals surface area contributed by atoms with Gasteiger partial charge in [0.05, 0.1) is 18.2 Å². The topological polar surface area (TPSA) is 77.0 Å². The van der Waals surface area contributed by atoms with Crippen molar-refractivity contribution in [2.45, 2.75) is 25.3 Å². The second-order valence-corrected chi connectivity index (χ2v) is 8.60. The van der Waals surface area contributed by atoms with Crippen molar-refractivity contribution in [1.29, 1.82) is 0 Å². The highest BCUT2D eigenvalue weighted by Crippen LogP contribution is 2.29. The van der Waals surface area contributed by atoms with Crippen LogP contribution < -0.4 is 14.3 Å². The van der Waals surface area contributed by atoms with Crippen LogP contribution in [0, 0.1) is 19.7 Å². The van der Waals surface area contributed by atoms with Crippen molar-refractivity contribution in [3.63, 3.8) is 0 Å². The first-order valence-electron chi connectivity index (χ1n) is 9.46. The Morgan fingerprint density at radius 1 is 1.00 bits per heavy atom. The van der Waals surface area contributed by atoms with Gasteiger partial charge in [-0.2, -0.15) is 13.5 Å². The molecule has 0 aliphatic heterocycles. The van der Waals surface area contributed by atoms with Gasteiger partial charge in [-0.3, -0.25) is 0 Å². The molecule has 0 radical (unpaired) electrons. The van der Waals surface area contributed by atoms with Gasteiger partial charge in [0.1, 0.15) is 12.4 Å². The number of hydrogen-bond donors (Lipinski definition) is 1. The first kappa shape index (κ1) is 22.3. The van der Waals surface area contributed by atoms with Crippen molar-refractivity contribution < 1.29 is 22.3 Å². The van der Waals surface area contributed by atoms with Crippen LogP contribution in [-0.2, 0) is 16.6 Å². The fraction of sp³-hybridized carbons (Fsp3) is 0.174. The van der Waals surface area contributed by atoms with E-state index >= 15 is 0 Å². The number of hydrogen-bond acceptors (Lipinski definition) is 5. The molecule has 0 aromatic heterocycles. The summed E-state index contributed by atoms with van der Waals surface area (Å²) in [6.45, 7) is 4.46. The molecular weight excluding hydrogens is 419 g/mol.